The summed E-state index contributed by atoms with van der Waals surface area (Å²) in [5, 5.41) is 9.45. The Kier molecular flexibility index (Phi) is 4.50. The van der Waals surface area contributed by atoms with Gasteiger partial charge >= 0.3 is 0 Å². The van der Waals surface area contributed by atoms with Gasteiger partial charge in [-0.1, -0.05) is 12.8 Å². The normalized spacial score (nSPS) is 10.7. The van der Waals surface area contributed by atoms with Crippen molar-refractivity contribution in [3.63, 3.8) is 0 Å². The molecule has 3 heteroatoms. The Labute approximate surface area is 79.7 Å². The van der Waals surface area contributed by atoms with Crippen LogP contribution in [0.15, 0.2) is 0 Å². The molecule has 0 aromatic carbocycles. The Morgan fingerprint density at radius 2 is 2.15 bits per heavy atom. The average molecular weight is 183 g/mol. The van der Waals surface area contributed by atoms with Gasteiger partial charge in [-0.15, -0.1) is 6.42 Å². The molecule has 0 heterocycles. The van der Waals surface area contributed by atoms with Crippen LogP contribution in [0.3, 0.4) is 0 Å². The van der Waals surface area contributed by atoms with Gasteiger partial charge in [0.15, 0.2) is 0 Å². The molecular formula is C10H17NO2. The highest BCUT2D eigenvalue weighted by atomic mass is 16.3. The summed E-state index contributed by atoms with van der Waals surface area (Å²) in [6.45, 7) is 5.74. The van der Waals surface area contributed by atoms with Crippen LogP contribution in [0.1, 0.15) is 27.2 Å². The van der Waals surface area contributed by atoms with E-state index in [4.69, 9.17) is 6.42 Å². The van der Waals surface area contributed by atoms with Crippen LogP contribution in [0.5, 0.6) is 0 Å². The molecule has 0 aromatic heterocycles. The maximum atomic E-state index is 11.5. The van der Waals surface area contributed by atoms with Gasteiger partial charge < -0.3 is 10.0 Å². The second-order valence-electron chi connectivity index (χ2n) is 3.49. The van der Waals surface area contributed by atoms with Crippen molar-refractivity contribution in [2.24, 2.45) is 0 Å². The molecule has 0 atom stereocenters. The summed E-state index contributed by atoms with van der Waals surface area (Å²) >= 11 is 0. The van der Waals surface area contributed by atoms with Gasteiger partial charge in [0.05, 0.1) is 6.54 Å². The zero-order valence-electron chi connectivity index (χ0n) is 8.50. The van der Waals surface area contributed by atoms with Crippen LogP contribution in [0.2, 0.25) is 0 Å². The van der Waals surface area contributed by atoms with E-state index in [2.05, 4.69) is 5.92 Å². The van der Waals surface area contributed by atoms with E-state index in [1.54, 1.807) is 0 Å². The highest BCUT2D eigenvalue weighted by molar-refractivity contribution is 5.84. The largest absolute Gasteiger partial charge is 0.381 e. The van der Waals surface area contributed by atoms with Crippen LogP contribution in [0, 0.1) is 12.3 Å². The molecule has 0 saturated heterocycles. The van der Waals surface area contributed by atoms with E-state index in [9.17, 15) is 9.90 Å². The molecule has 0 aliphatic heterocycles. The molecule has 0 aliphatic rings. The van der Waals surface area contributed by atoms with Crippen molar-refractivity contribution in [2.45, 2.75) is 32.8 Å². The number of nitrogens with zero attached hydrogens (tertiary/aromatic N) is 1. The maximum Gasteiger partial charge on any atom is 0.254 e. The van der Waals surface area contributed by atoms with E-state index in [0.717, 1.165) is 6.42 Å². The highest BCUT2D eigenvalue weighted by Gasteiger charge is 2.28. The second kappa shape index (κ2) is 4.88. The lowest BCUT2D eigenvalue weighted by Gasteiger charge is -2.26. The fourth-order valence-corrected chi connectivity index (χ4v) is 1.02. The number of carbonyl (C=O) groups is 1. The van der Waals surface area contributed by atoms with Gasteiger partial charge in [0.1, 0.15) is 5.60 Å². The minimum atomic E-state index is -1.33. The van der Waals surface area contributed by atoms with E-state index in [1.165, 1.54) is 18.7 Å². The van der Waals surface area contributed by atoms with Gasteiger partial charge in [-0.3, -0.25) is 4.79 Å². The van der Waals surface area contributed by atoms with Gasteiger partial charge in [0, 0.05) is 6.54 Å². The Morgan fingerprint density at radius 1 is 1.62 bits per heavy atom. The molecule has 0 fully saturated rings. The van der Waals surface area contributed by atoms with Gasteiger partial charge in [-0.25, -0.2) is 0 Å². The van der Waals surface area contributed by atoms with E-state index in [-0.39, 0.29) is 12.5 Å². The molecule has 74 valence electrons. The molecule has 0 radical (unpaired) electrons. The van der Waals surface area contributed by atoms with E-state index >= 15 is 0 Å². The molecule has 1 amide bonds. The van der Waals surface area contributed by atoms with Crippen LogP contribution < -0.4 is 0 Å². The first-order chi connectivity index (χ1) is 5.93. The summed E-state index contributed by atoms with van der Waals surface area (Å²) in [6.07, 6.45) is 5.95. The van der Waals surface area contributed by atoms with Crippen LogP contribution in [0.4, 0.5) is 0 Å². The summed E-state index contributed by atoms with van der Waals surface area (Å²) in [5.74, 6) is 2.09. The van der Waals surface area contributed by atoms with Crippen molar-refractivity contribution < 1.29 is 9.90 Å². The first-order valence-electron chi connectivity index (χ1n) is 4.38. The lowest BCUT2D eigenvalue weighted by atomic mass is 10.1. The minimum absolute atomic E-state index is 0.261. The molecule has 1 N–H and O–H groups in total. The molecule has 0 bridgehead atoms. The molecule has 0 saturated carbocycles. The molecule has 0 rings (SSSR count). The number of amides is 1. The number of rotatable bonds is 4. The van der Waals surface area contributed by atoms with E-state index < -0.39 is 5.60 Å². The third-order valence-electron chi connectivity index (χ3n) is 1.59. The number of hydrogen-bond donors (Lipinski definition) is 1. The van der Waals surface area contributed by atoms with Crippen molar-refractivity contribution >= 4 is 5.91 Å². The molecule has 0 spiro atoms. The molecule has 3 nitrogen and oxygen atoms in total. The van der Waals surface area contributed by atoms with E-state index in [1.807, 2.05) is 6.92 Å². The SMILES string of the molecule is C#CCN(CCC)C(=O)C(C)(C)O. The molecule has 0 unspecified atom stereocenters. The summed E-state index contributed by atoms with van der Waals surface area (Å²) < 4.78 is 0. The van der Waals surface area contributed by atoms with Gasteiger partial charge in [-0.05, 0) is 20.3 Å². The molecule has 13 heavy (non-hydrogen) atoms. The van der Waals surface area contributed by atoms with E-state index in [0.29, 0.717) is 6.54 Å². The van der Waals surface area contributed by atoms with Gasteiger partial charge in [-0.2, -0.15) is 0 Å². The van der Waals surface area contributed by atoms with Crippen LogP contribution >= 0.6 is 0 Å². The topological polar surface area (TPSA) is 40.5 Å². The molecule has 0 aliphatic carbocycles. The number of carbonyl (C=O) groups excluding carboxylic acids is 1. The van der Waals surface area contributed by atoms with Gasteiger partial charge in [0.2, 0.25) is 0 Å². The van der Waals surface area contributed by atoms with Crippen molar-refractivity contribution in [3.8, 4) is 12.3 Å². The van der Waals surface area contributed by atoms with Gasteiger partial charge in [0.25, 0.3) is 5.91 Å². The summed E-state index contributed by atoms with van der Waals surface area (Å²) in [5.41, 5.74) is -1.33. The second-order valence-corrected chi connectivity index (χ2v) is 3.49. The number of hydrogen-bond acceptors (Lipinski definition) is 2. The predicted octanol–water partition coefficient (Wildman–Crippen LogP) is 0.629. The smallest absolute Gasteiger partial charge is 0.254 e. The Morgan fingerprint density at radius 3 is 2.46 bits per heavy atom. The number of terminal acetylenes is 1. The van der Waals surface area contributed by atoms with Crippen LogP contribution in [-0.4, -0.2) is 34.6 Å². The quantitative estimate of drug-likeness (QED) is 0.649. The summed E-state index contributed by atoms with van der Waals surface area (Å²) in [6, 6.07) is 0. The fourth-order valence-electron chi connectivity index (χ4n) is 1.02. The first kappa shape index (κ1) is 12.0. The lowest BCUT2D eigenvalue weighted by Crippen LogP contribution is -2.45. The summed E-state index contributed by atoms with van der Waals surface area (Å²) in [4.78, 5) is 13.0. The van der Waals surface area contributed by atoms with Crippen molar-refractivity contribution in [3.05, 3.63) is 0 Å². The average Bonchev–Trinajstić information content (AvgIpc) is 2.01. The van der Waals surface area contributed by atoms with Crippen molar-refractivity contribution in [2.75, 3.05) is 13.1 Å². The van der Waals surface area contributed by atoms with Crippen LogP contribution in [-0.2, 0) is 4.79 Å². The summed E-state index contributed by atoms with van der Waals surface area (Å²) in [7, 11) is 0. The zero-order chi connectivity index (χ0) is 10.5. The van der Waals surface area contributed by atoms with Crippen LogP contribution in [0.25, 0.3) is 0 Å². The van der Waals surface area contributed by atoms with Crippen molar-refractivity contribution in [1.82, 2.24) is 4.90 Å². The highest BCUT2D eigenvalue weighted by Crippen LogP contribution is 2.07. The third-order valence-corrected chi connectivity index (χ3v) is 1.59. The number of aliphatic hydroxyl groups is 1. The molecular weight excluding hydrogens is 166 g/mol. The Bertz CT molecular complexity index is 210. The zero-order valence-corrected chi connectivity index (χ0v) is 8.50. The van der Waals surface area contributed by atoms with Crippen molar-refractivity contribution in [1.29, 1.82) is 0 Å². The minimum Gasteiger partial charge on any atom is -0.381 e. The standard InChI is InChI=1S/C10H17NO2/c1-5-7-11(8-6-2)9(12)10(3,4)13/h1,13H,6-8H2,2-4H3. The molecule has 0 aromatic rings. The first-order valence-corrected chi connectivity index (χ1v) is 4.38. The lowest BCUT2D eigenvalue weighted by molar-refractivity contribution is -0.147. The Balaban J connectivity index is 4.38. The third kappa shape index (κ3) is 3.95. The maximum absolute atomic E-state index is 11.5. The Hall–Kier alpha value is -1.01. The monoisotopic (exact) mass is 183 g/mol. The fraction of sp³-hybridized carbons (Fsp3) is 0.700. The predicted molar refractivity (Wildman–Crippen MR) is 52.0 cm³/mol.